The number of anilines is 1. The van der Waals surface area contributed by atoms with Gasteiger partial charge in [-0.25, -0.2) is 0 Å². The fraction of sp³-hybridized carbons (Fsp3) is 0.364. The van der Waals surface area contributed by atoms with E-state index in [2.05, 4.69) is 15.5 Å². The Balaban J connectivity index is 1.64. The van der Waals surface area contributed by atoms with E-state index in [1.54, 1.807) is 24.3 Å². The first-order valence-electron chi connectivity index (χ1n) is 9.88. The molecule has 8 heteroatoms. The van der Waals surface area contributed by atoms with Crippen molar-refractivity contribution in [1.29, 1.82) is 0 Å². The Labute approximate surface area is 173 Å². The van der Waals surface area contributed by atoms with Crippen molar-refractivity contribution in [3.63, 3.8) is 0 Å². The van der Waals surface area contributed by atoms with Gasteiger partial charge in [0, 0.05) is 43.7 Å². The highest BCUT2D eigenvalue weighted by Gasteiger charge is 2.31. The van der Waals surface area contributed by atoms with Gasteiger partial charge < -0.3 is 15.5 Å². The summed E-state index contributed by atoms with van der Waals surface area (Å²) in [5.74, 6) is -0.799. The van der Waals surface area contributed by atoms with Gasteiger partial charge in [-0.3, -0.25) is 9.59 Å². The number of ketones is 1. The number of nitrogens with zero attached hydrogens (tertiary/aromatic N) is 1. The summed E-state index contributed by atoms with van der Waals surface area (Å²) in [6.45, 7) is 4.62. The van der Waals surface area contributed by atoms with Gasteiger partial charge in [-0.15, -0.1) is 0 Å². The second-order valence-electron chi connectivity index (χ2n) is 7.20. The first-order chi connectivity index (χ1) is 14.3. The third-order valence-corrected chi connectivity index (χ3v) is 5.02. The SMILES string of the molecule is O=C(Nc1ccccc1C(=O)CCCN1CCNCC1)c1cccc(C(F)(F)F)c1. The van der Waals surface area contributed by atoms with Gasteiger partial charge in [0.05, 0.1) is 11.3 Å². The van der Waals surface area contributed by atoms with Gasteiger partial charge in [0.15, 0.2) is 5.78 Å². The van der Waals surface area contributed by atoms with Gasteiger partial charge >= 0.3 is 6.18 Å². The number of amides is 1. The molecule has 1 aliphatic rings. The van der Waals surface area contributed by atoms with Crippen LogP contribution < -0.4 is 10.6 Å². The van der Waals surface area contributed by atoms with E-state index in [9.17, 15) is 22.8 Å². The third-order valence-electron chi connectivity index (χ3n) is 5.02. The highest BCUT2D eigenvalue weighted by molar-refractivity contribution is 6.09. The lowest BCUT2D eigenvalue weighted by molar-refractivity contribution is -0.137. The molecule has 0 aliphatic carbocycles. The molecule has 0 spiro atoms. The molecule has 0 saturated carbocycles. The molecule has 1 amide bonds. The Hall–Kier alpha value is -2.71. The molecular formula is C22H24F3N3O2. The molecule has 0 atom stereocenters. The number of piperazine rings is 1. The first kappa shape index (κ1) is 22.0. The summed E-state index contributed by atoms with van der Waals surface area (Å²) in [4.78, 5) is 27.5. The summed E-state index contributed by atoms with van der Waals surface area (Å²) in [5.41, 5.74) is -0.358. The molecule has 3 rings (SSSR count). The minimum atomic E-state index is -4.53. The lowest BCUT2D eigenvalue weighted by Gasteiger charge is -2.26. The van der Waals surface area contributed by atoms with E-state index in [1.807, 2.05) is 0 Å². The molecule has 2 aromatic carbocycles. The summed E-state index contributed by atoms with van der Waals surface area (Å²) >= 11 is 0. The average Bonchev–Trinajstić information content (AvgIpc) is 2.74. The number of hydrogen-bond acceptors (Lipinski definition) is 4. The summed E-state index contributed by atoms with van der Waals surface area (Å²) in [5, 5.41) is 5.86. The van der Waals surface area contributed by atoms with Crippen molar-refractivity contribution in [2.45, 2.75) is 19.0 Å². The molecular weight excluding hydrogens is 395 g/mol. The molecule has 1 fully saturated rings. The minimum absolute atomic E-state index is 0.106. The minimum Gasteiger partial charge on any atom is -0.321 e. The summed E-state index contributed by atoms with van der Waals surface area (Å²) in [6.07, 6.45) is -3.50. The zero-order chi connectivity index (χ0) is 21.6. The standard InChI is InChI=1S/C22H24F3N3O2/c23-22(24,25)17-6-3-5-16(15-17)21(30)27-19-8-2-1-7-18(19)20(29)9-4-12-28-13-10-26-11-14-28/h1-3,5-8,15,26H,4,9-14H2,(H,27,30). The van der Waals surface area contributed by atoms with E-state index in [0.29, 0.717) is 24.1 Å². The van der Waals surface area contributed by atoms with Crippen LogP contribution in [0, 0.1) is 0 Å². The van der Waals surface area contributed by atoms with Crippen LogP contribution in [0.25, 0.3) is 0 Å². The van der Waals surface area contributed by atoms with E-state index >= 15 is 0 Å². The summed E-state index contributed by atoms with van der Waals surface area (Å²) in [6, 6.07) is 10.8. The van der Waals surface area contributed by atoms with Crippen LogP contribution >= 0.6 is 0 Å². The van der Waals surface area contributed by atoms with Crippen molar-refractivity contribution < 1.29 is 22.8 Å². The van der Waals surface area contributed by atoms with Crippen LogP contribution in [0.3, 0.4) is 0 Å². The summed E-state index contributed by atoms with van der Waals surface area (Å²) in [7, 11) is 0. The number of rotatable bonds is 7. The summed E-state index contributed by atoms with van der Waals surface area (Å²) < 4.78 is 38.7. The predicted molar refractivity (Wildman–Crippen MR) is 109 cm³/mol. The Bertz CT molecular complexity index is 893. The van der Waals surface area contributed by atoms with E-state index in [4.69, 9.17) is 0 Å². The van der Waals surface area contributed by atoms with Gasteiger partial charge in [-0.05, 0) is 43.3 Å². The highest BCUT2D eigenvalue weighted by Crippen LogP contribution is 2.29. The molecule has 1 heterocycles. The molecule has 0 radical (unpaired) electrons. The van der Waals surface area contributed by atoms with Crippen molar-refractivity contribution in [1.82, 2.24) is 10.2 Å². The van der Waals surface area contributed by atoms with Crippen LogP contribution in [-0.4, -0.2) is 49.3 Å². The Morgan fingerprint density at radius 1 is 1.03 bits per heavy atom. The van der Waals surface area contributed by atoms with Crippen LogP contribution in [0.5, 0.6) is 0 Å². The number of alkyl halides is 3. The van der Waals surface area contributed by atoms with Gasteiger partial charge in [0.2, 0.25) is 0 Å². The second-order valence-corrected chi connectivity index (χ2v) is 7.20. The van der Waals surface area contributed by atoms with Crippen LogP contribution in [0.2, 0.25) is 0 Å². The molecule has 0 unspecified atom stereocenters. The number of carbonyl (C=O) groups excluding carboxylic acids is 2. The number of hydrogen-bond donors (Lipinski definition) is 2. The normalized spacial score (nSPS) is 15.0. The lowest BCUT2D eigenvalue weighted by atomic mass is 10.0. The largest absolute Gasteiger partial charge is 0.416 e. The van der Waals surface area contributed by atoms with E-state index in [1.165, 1.54) is 12.1 Å². The number of nitrogens with one attached hydrogen (secondary N) is 2. The average molecular weight is 419 g/mol. The lowest BCUT2D eigenvalue weighted by Crippen LogP contribution is -2.43. The van der Waals surface area contributed by atoms with Crippen LogP contribution in [0.1, 0.15) is 39.1 Å². The molecule has 0 aromatic heterocycles. The molecule has 0 bridgehead atoms. The fourth-order valence-corrected chi connectivity index (χ4v) is 3.40. The molecule has 1 saturated heterocycles. The Morgan fingerprint density at radius 3 is 2.50 bits per heavy atom. The van der Waals surface area contributed by atoms with Gasteiger partial charge in [0.25, 0.3) is 5.91 Å². The predicted octanol–water partition coefficient (Wildman–Crippen LogP) is 3.83. The van der Waals surface area contributed by atoms with E-state index in [0.717, 1.165) is 44.9 Å². The van der Waals surface area contributed by atoms with Gasteiger partial charge in [-0.2, -0.15) is 13.2 Å². The zero-order valence-corrected chi connectivity index (χ0v) is 16.5. The maximum Gasteiger partial charge on any atom is 0.416 e. The first-order valence-corrected chi connectivity index (χ1v) is 9.88. The molecule has 30 heavy (non-hydrogen) atoms. The van der Waals surface area contributed by atoms with Crippen molar-refractivity contribution in [3.05, 3.63) is 65.2 Å². The van der Waals surface area contributed by atoms with E-state index < -0.39 is 17.6 Å². The monoisotopic (exact) mass is 419 g/mol. The van der Waals surface area contributed by atoms with Crippen molar-refractivity contribution in [2.75, 3.05) is 38.0 Å². The fourth-order valence-electron chi connectivity index (χ4n) is 3.40. The number of halogens is 3. The molecule has 2 N–H and O–H groups in total. The van der Waals surface area contributed by atoms with E-state index in [-0.39, 0.29) is 11.3 Å². The van der Waals surface area contributed by atoms with Crippen molar-refractivity contribution >= 4 is 17.4 Å². The molecule has 5 nitrogen and oxygen atoms in total. The maximum atomic E-state index is 12.9. The van der Waals surface area contributed by atoms with Gasteiger partial charge in [0.1, 0.15) is 0 Å². The van der Waals surface area contributed by atoms with Crippen LogP contribution in [0.4, 0.5) is 18.9 Å². The maximum absolute atomic E-state index is 12.9. The number of carbonyl (C=O) groups is 2. The Kier molecular flexibility index (Phi) is 7.23. The van der Waals surface area contributed by atoms with Crippen LogP contribution in [-0.2, 0) is 6.18 Å². The zero-order valence-electron chi connectivity index (χ0n) is 16.5. The van der Waals surface area contributed by atoms with Crippen molar-refractivity contribution in [3.8, 4) is 0 Å². The van der Waals surface area contributed by atoms with Crippen LogP contribution in [0.15, 0.2) is 48.5 Å². The Morgan fingerprint density at radius 2 is 1.77 bits per heavy atom. The molecule has 2 aromatic rings. The second kappa shape index (κ2) is 9.86. The number of Topliss-reactive ketones (excluding diaryl/α,β-unsaturated/α-hetero) is 1. The molecule has 160 valence electrons. The highest BCUT2D eigenvalue weighted by atomic mass is 19.4. The number of benzene rings is 2. The third kappa shape index (κ3) is 5.90. The van der Waals surface area contributed by atoms with Crippen molar-refractivity contribution in [2.24, 2.45) is 0 Å². The smallest absolute Gasteiger partial charge is 0.321 e. The topological polar surface area (TPSA) is 61.4 Å². The number of para-hydroxylation sites is 1. The molecule has 1 aliphatic heterocycles. The quantitative estimate of drug-likeness (QED) is 0.670. The van der Waals surface area contributed by atoms with Gasteiger partial charge in [-0.1, -0.05) is 18.2 Å².